The molecule has 0 spiro atoms. The Morgan fingerprint density at radius 2 is 2.17 bits per heavy atom. The summed E-state index contributed by atoms with van der Waals surface area (Å²) >= 11 is 0. The van der Waals surface area contributed by atoms with E-state index in [1.54, 1.807) is 19.2 Å². The third-order valence-corrected chi connectivity index (χ3v) is 3.88. The van der Waals surface area contributed by atoms with Crippen LogP contribution in [0.5, 0.6) is 0 Å². The lowest BCUT2D eigenvalue weighted by atomic mass is 10.1. The molecule has 1 aliphatic rings. The van der Waals surface area contributed by atoms with E-state index in [4.69, 9.17) is 4.74 Å². The Morgan fingerprint density at radius 3 is 2.75 bits per heavy atom. The molecule has 7 nitrogen and oxygen atoms in total. The first kappa shape index (κ1) is 20.6. The molecule has 24 heavy (non-hydrogen) atoms. The van der Waals surface area contributed by atoms with Crippen molar-refractivity contribution in [3.05, 3.63) is 39.9 Å². The second-order valence-corrected chi connectivity index (χ2v) is 5.65. The zero-order chi connectivity index (χ0) is 16.7. The molecule has 1 aliphatic heterocycles. The molecule has 134 valence electrons. The lowest BCUT2D eigenvalue weighted by molar-refractivity contribution is -0.384. The van der Waals surface area contributed by atoms with Gasteiger partial charge >= 0.3 is 0 Å². The van der Waals surface area contributed by atoms with Crippen molar-refractivity contribution in [1.29, 1.82) is 0 Å². The first-order chi connectivity index (χ1) is 11.1. The van der Waals surface area contributed by atoms with E-state index in [1.165, 1.54) is 12.1 Å². The number of ether oxygens (including phenoxy) is 1. The van der Waals surface area contributed by atoms with Gasteiger partial charge in [-0.1, -0.05) is 12.1 Å². The van der Waals surface area contributed by atoms with Crippen molar-refractivity contribution in [3.63, 3.8) is 0 Å². The van der Waals surface area contributed by atoms with Crippen LogP contribution in [-0.4, -0.2) is 49.1 Å². The van der Waals surface area contributed by atoms with E-state index < -0.39 is 4.92 Å². The number of nitro groups is 1. The van der Waals surface area contributed by atoms with Crippen LogP contribution in [0.25, 0.3) is 0 Å². The summed E-state index contributed by atoms with van der Waals surface area (Å²) in [6.07, 6.45) is 1.11. The number of hydrogen-bond donors (Lipinski definition) is 1. The number of hydrogen-bond acceptors (Lipinski definition) is 4. The zero-order valence-electron chi connectivity index (χ0n) is 14.1. The topological polar surface area (TPSA) is 80.0 Å². The Hall–Kier alpha value is -1.42. The van der Waals surface area contributed by atoms with Crippen LogP contribution < -0.4 is 5.32 Å². The minimum absolute atomic E-state index is 0. The fourth-order valence-electron chi connectivity index (χ4n) is 2.71. The largest absolute Gasteiger partial charge is 0.384 e. The number of likely N-dealkylation sites (tertiary alicyclic amines) is 1. The molecule has 1 fully saturated rings. The number of non-ortho nitro benzene ring substituents is 1. The number of nitrogens with zero attached hydrogens (tertiary/aromatic N) is 3. The van der Waals surface area contributed by atoms with Crippen LogP contribution in [0.4, 0.5) is 5.69 Å². The quantitative estimate of drug-likeness (QED) is 0.238. The average Bonchev–Trinajstić information content (AvgIpc) is 3.00. The van der Waals surface area contributed by atoms with Gasteiger partial charge in [-0.05, 0) is 18.9 Å². The Kier molecular flexibility index (Phi) is 8.98. The summed E-state index contributed by atoms with van der Waals surface area (Å²) in [6.45, 7) is 6.05. The van der Waals surface area contributed by atoms with Crippen LogP contribution in [0.3, 0.4) is 0 Å². The normalized spacial score (nSPS) is 17.5. The average molecular weight is 448 g/mol. The van der Waals surface area contributed by atoms with Crippen LogP contribution in [0.15, 0.2) is 29.3 Å². The van der Waals surface area contributed by atoms with Crippen LogP contribution in [0, 0.1) is 16.0 Å². The minimum atomic E-state index is -0.392. The monoisotopic (exact) mass is 448 g/mol. The summed E-state index contributed by atoms with van der Waals surface area (Å²) in [5.41, 5.74) is 1.06. The summed E-state index contributed by atoms with van der Waals surface area (Å²) in [6, 6.07) is 6.54. The van der Waals surface area contributed by atoms with E-state index in [1.807, 2.05) is 6.92 Å². The molecule has 1 atom stereocenters. The molecule has 0 radical (unpaired) electrons. The van der Waals surface area contributed by atoms with Crippen LogP contribution >= 0.6 is 24.0 Å². The molecule has 1 saturated heterocycles. The van der Waals surface area contributed by atoms with Gasteiger partial charge in [-0.15, -0.1) is 24.0 Å². The molecule has 1 heterocycles. The highest BCUT2D eigenvalue weighted by Crippen LogP contribution is 2.17. The minimum Gasteiger partial charge on any atom is -0.384 e. The van der Waals surface area contributed by atoms with E-state index in [0.29, 0.717) is 12.5 Å². The van der Waals surface area contributed by atoms with Gasteiger partial charge in [-0.25, -0.2) is 4.99 Å². The third kappa shape index (κ3) is 5.90. The highest BCUT2D eigenvalue weighted by molar-refractivity contribution is 14.0. The molecule has 0 aromatic heterocycles. The second kappa shape index (κ2) is 10.4. The standard InChI is InChI=1S/C16H24N4O3.HI/c1-3-17-16(19-9-8-14(11-19)12-23-2)18-10-13-4-6-15(7-5-13)20(21)22;/h4-7,14H,3,8-12H2,1-2H3,(H,17,18);1H. The van der Waals surface area contributed by atoms with E-state index in [0.717, 1.165) is 44.2 Å². The van der Waals surface area contributed by atoms with Gasteiger partial charge in [0.05, 0.1) is 18.1 Å². The number of nitrogens with one attached hydrogen (secondary N) is 1. The lowest BCUT2D eigenvalue weighted by Gasteiger charge is -2.21. The SMILES string of the molecule is CCNC(=NCc1ccc([N+](=O)[O-])cc1)N1CCC(COC)C1.I. The zero-order valence-corrected chi connectivity index (χ0v) is 16.4. The van der Waals surface area contributed by atoms with Gasteiger partial charge in [0.2, 0.25) is 0 Å². The summed E-state index contributed by atoms with van der Waals surface area (Å²) in [4.78, 5) is 17.2. The highest BCUT2D eigenvalue weighted by atomic mass is 127. The van der Waals surface area contributed by atoms with E-state index in [2.05, 4.69) is 15.2 Å². The van der Waals surface area contributed by atoms with Gasteiger partial charge in [0.15, 0.2) is 5.96 Å². The fraction of sp³-hybridized carbons (Fsp3) is 0.562. The summed E-state index contributed by atoms with van der Waals surface area (Å²) in [5, 5.41) is 14.0. The number of halogens is 1. The molecule has 0 amide bonds. The van der Waals surface area contributed by atoms with Crippen LogP contribution in [0.2, 0.25) is 0 Å². The maximum atomic E-state index is 10.7. The molecule has 8 heteroatoms. The molecule has 1 unspecified atom stereocenters. The van der Waals surface area contributed by atoms with Gasteiger partial charge in [-0.3, -0.25) is 10.1 Å². The van der Waals surface area contributed by atoms with Gasteiger partial charge in [0.1, 0.15) is 0 Å². The van der Waals surface area contributed by atoms with Crippen molar-refractivity contribution >= 4 is 35.6 Å². The highest BCUT2D eigenvalue weighted by Gasteiger charge is 2.24. The molecular weight excluding hydrogens is 423 g/mol. The summed E-state index contributed by atoms with van der Waals surface area (Å²) in [5.74, 6) is 1.44. The number of aliphatic imine (C=N–C) groups is 1. The molecule has 2 rings (SSSR count). The van der Waals surface area contributed by atoms with Crippen molar-refractivity contribution in [1.82, 2.24) is 10.2 Å². The van der Waals surface area contributed by atoms with E-state index in [-0.39, 0.29) is 29.7 Å². The number of rotatable bonds is 6. The molecule has 1 aromatic carbocycles. The third-order valence-electron chi connectivity index (χ3n) is 3.88. The molecule has 0 bridgehead atoms. The maximum Gasteiger partial charge on any atom is 0.269 e. The smallest absolute Gasteiger partial charge is 0.269 e. The van der Waals surface area contributed by atoms with Gasteiger partial charge in [-0.2, -0.15) is 0 Å². The molecule has 1 N–H and O–H groups in total. The first-order valence-corrected chi connectivity index (χ1v) is 7.89. The van der Waals surface area contributed by atoms with Gasteiger partial charge in [0, 0.05) is 44.8 Å². The lowest BCUT2D eigenvalue weighted by Crippen LogP contribution is -2.40. The second-order valence-electron chi connectivity index (χ2n) is 5.65. The van der Waals surface area contributed by atoms with Crippen LogP contribution in [-0.2, 0) is 11.3 Å². The van der Waals surface area contributed by atoms with Crippen molar-refractivity contribution < 1.29 is 9.66 Å². The van der Waals surface area contributed by atoms with E-state index in [9.17, 15) is 10.1 Å². The van der Waals surface area contributed by atoms with Crippen molar-refractivity contribution in [2.45, 2.75) is 19.9 Å². The van der Waals surface area contributed by atoms with Crippen molar-refractivity contribution in [3.8, 4) is 0 Å². The number of guanidine groups is 1. The Labute approximate surface area is 159 Å². The summed E-state index contributed by atoms with van der Waals surface area (Å²) in [7, 11) is 1.73. The number of methoxy groups -OCH3 is 1. The van der Waals surface area contributed by atoms with Crippen LogP contribution in [0.1, 0.15) is 18.9 Å². The summed E-state index contributed by atoms with van der Waals surface area (Å²) < 4.78 is 5.23. The first-order valence-electron chi connectivity index (χ1n) is 7.89. The van der Waals surface area contributed by atoms with Crippen molar-refractivity contribution in [2.75, 3.05) is 33.4 Å². The van der Waals surface area contributed by atoms with Gasteiger partial charge < -0.3 is 15.0 Å². The Morgan fingerprint density at radius 1 is 1.46 bits per heavy atom. The Bertz CT molecular complexity index is 551. The number of nitro benzene ring substituents is 1. The number of benzene rings is 1. The van der Waals surface area contributed by atoms with E-state index >= 15 is 0 Å². The Balaban J connectivity index is 0.00000288. The fourth-order valence-corrected chi connectivity index (χ4v) is 2.71. The van der Waals surface area contributed by atoms with Crippen molar-refractivity contribution in [2.24, 2.45) is 10.9 Å². The molecule has 1 aromatic rings. The van der Waals surface area contributed by atoms with Gasteiger partial charge in [0.25, 0.3) is 5.69 Å². The maximum absolute atomic E-state index is 10.7. The molecular formula is C16H25IN4O3. The predicted molar refractivity (Wildman–Crippen MR) is 105 cm³/mol. The molecule has 0 saturated carbocycles. The molecule has 0 aliphatic carbocycles. The predicted octanol–water partition coefficient (Wildman–Crippen LogP) is 2.65.